The largest absolute Gasteiger partial charge is 0.381 e. The van der Waals surface area contributed by atoms with Crippen molar-refractivity contribution in [2.75, 3.05) is 0 Å². The molecule has 0 saturated heterocycles. The topological polar surface area (TPSA) is 122 Å². The molecule has 166 valence electrons. The number of primary amides is 1. The Bertz CT molecular complexity index is 842. The first kappa shape index (κ1) is 24.1. The van der Waals surface area contributed by atoms with E-state index in [9.17, 15) is 19.5 Å². The van der Waals surface area contributed by atoms with E-state index in [0.717, 1.165) is 25.7 Å². The molecule has 2 rings (SSSR count). The summed E-state index contributed by atoms with van der Waals surface area (Å²) in [6, 6.07) is 15.4. The Hall–Kier alpha value is -3.19. The predicted octanol–water partition coefficient (Wildman–Crippen LogP) is 2.46. The maximum Gasteiger partial charge on any atom is 0.252 e. The number of aliphatic hydroxyl groups excluding tert-OH is 1. The Morgan fingerprint density at radius 2 is 1.52 bits per heavy atom. The molecule has 0 aromatic heterocycles. The highest BCUT2D eigenvalue weighted by atomic mass is 16.3. The van der Waals surface area contributed by atoms with E-state index < -0.39 is 35.9 Å². The van der Waals surface area contributed by atoms with Crippen molar-refractivity contribution >= 4 is 17.7 Å². The number of hydrogen-bond acceptors (Lipinski definition) is 4. The van der Waals surface area contributed by atoms with Gasteiger partial charge in [-0.3, -0.25) is 14.4 Å². The molecule has 0 saturated carbocycles. The summed E-state index contributed by atoms with van der Waals surface area (Å²) in [4.78, 5) is 37.2. The zero-order valence-electron chi connectivity index (χ0n) is 17.8. The number of benzene rings is 2. The molecule has 0 aliphatic heterocycles. The summed E-state index contributed by atoms with van der Waals surface area (Å²) in [5, 5.41) is 16.1. The van der Waals surface area contributed by atoms with E-state index in [4.69, 9.17) is 5.73 Å². The third-order valence-electron chi connectivity index (χ3n) is 5.07. The standard InChI is InChI=1S/C24H31N3O4/c1-2-3-4-11-16-19(22(25)29)26-24(31)21(28)20(17-12-7-5-8-13-17)27-23(30)18-14-9-6-10-15-18/h5-10,12-15,19-21,28H,2-4,11,16H2,1H3,(H2,25,29)(H,26,31)(H,27,30)/t19-,20-,21+/m0/s1. The van der Waals surface area contributed by atoms with Crippen LogP contribution in [-0.4, -0.2) is 35.0 Å². The van der Waals surface area contributed by atoms with E-state index in [1.165, 1.54) is 0 Å². The maximum atomic E-state index is 12.8. The minimum atomic E-state index is -1.60. The molecule has 7 nitrogen and oxygen atoms in total. The van der Waals surface area contributed by atoms with Crippen molar-refractivity contribution in [3.05, 3.63) is 71.8 Å². The lowest BCUT2D eigenvalue weighted by Crippen LogP contribution is -2.51. The van der Waals surface area contributed by atoms with Crippen molar-refractivity contribution < 1.29 is 19.5 Å². The van der Waals surface area contributed by atoms with Crippen molar-refractivity contribution in [2.45, 2.75) is 57.2 Å². The summed E-state index contributed by atoms with van der Waals surface area (Å²) in [5.74, 6) is -1.84. The van der Waals surface area contributed by atoms with E-state index >= 15 is 0 Å². The van der Waals surface area contributed by atoms with Crippen LogP contribution in [0.2, 0.25) is 0 Å². The van der Waals surface area contributed by atoms with Crippen LogP contribution in [0.25, 0.3) is 0 Å². The molecule has 0 heterocycles. The molecular weight excluding hydrogens is 394 g/mol. The van der Waals surface area contributed by atoms with Crippen molar-refractivity contribution in [1.29, 1.82) is 0 Å². The molecule has 2 aromatic rings. The highest BCUT2D eigenvalue weighted by Gasteiger charge is 2.31. The zero-order chi connectivity index (χ0) is 22.6. The Morgan fingerprint density at radius 1 is 0.903 bits per heavy atom. The van der Waals surface area contributed by atoms with Crippen LogP contribution >= 0.6 is 0 Å². The minimum Gasteiger partial charge on any atom is -0.381 e. The van der Waals surface area contributed by atoms with E-state index in [1.54, 1.807) is 60.7 Å². The number of nitrogens with two attached hydrogens (primary N) is 1. The van der Waals surface area contributed by atoms with Gasteiger partial charge in [-0.2, -0.15) is 0 Å². The lowest BCUT2D eigenvalue weighted by molar-refractivity contribution is -0.134. The molecule has 2 aromatic carbocycles. The fourth-order valence-corrected chi connectivity index (χ4v) is 3.29. The number of amides is 3. The number of nitrogens with one attached hydrogen (secondary N) is 2. The lowest BCUT2D eigenvalue weighted by Gasteiger charge is -2.26. The van der Waals surface area contributed by atoms with Gasteiger partial charge in [0.05, 0.1) is 6.04 Å². The van der Waals surface area contributed by atoms with Gasteiger partial charge in [-0.15, -0.1) is 0 Å². The summed E-state index contributed by atoms with van der Waals surface area (Å²) in [6.07, 6.45) is 2.55. The van der Waals surface area contributed by atoms with Gasteiger partial charge in [0.15, 0.2) is 6.10 Å². The van der Waals surface area contributed by atoms with Gasteiger partial charge in [0.1, 0.15) is 6.04 Å². The smallest absolute Gasteiger partial charge is 0.252 e. The highest BCUT2D eigenvalue weighted by Crippen LogP contribution is 2.19. The predicted molar refractivity (Wildman–Crippen MR) is 119 cm³/mol. The van der Waals surface area contributed by atoms with Crippen molar-refractivity contribution in [3.63, 3.8) is 0 Å². The van der Waals surface area contributed by atoms with Gasteiger partial charge in [0.25, 0.3) is 11.8 Å². The van der Waals surface area contributed by atoms with Gasteiger partial charge >= 0.3 is 0 Å². The first-order valence-electron chi connectivity index (χ1n) is 10.6. The molecule has 0 unspecified atom stereocenters. The summed E-state index contributed by atoms with van der Waals surface area (Å²) < 4.78 is 0. The first-order valence-corrected chi connectivity index (χ1v) is 10.6. The third kappa shape index (κ3) is 7.53. The summed E-state index contributed by atoms with van der Waals surface area (Å²) in [5.41, 5.74) is 6.41. The van der Waals surface area contributed by atoms with Crippen LogP contribution < -0.4 is 16.4 Å². The number of carbonyl (C=O) groups is 3. The molecule has 0 fully saturated rings. The summed E-state index contributed by atoms with van der Waals surface area (Å²) in [7, 11) is 0. The fraction of sp³-hybridized carbons (Fsp3) is 0.375. The van der Waals surface area contributed by atoms with Crippen molar-refractivity contribution in [3.8, 4) is 0 Å². The number of carbonyl (C=O) groups excluding carboxylic acids is 3. The second kappa shape index (κ2) is 12.5. The molecule has 3 amide bonds. The highest BCUT2D eigenvalue weighted by molar-refractivity contribution is 5.95. The van der Waals surface area contributed by atoms with Gasteiger partial charge in [-0.05, 0) is 24.1 Å². The van der Waals surface area contributed by atoms with Crippen LogP contribution in [0.15, 0.2) is 60.7 Å². The Labute approximate surface area is 183 Å². The van der Waals surface area contributed by atoms with E-state index in [-0.39, 0.29) is 0 Å². The van der Waals surface area contributed by atoms with Gasteiger partial charge < -0.3 is 21.5 Å². The SMILES string of the molecule is CCCCCC[C@H](NC(=O)[C@H](O)[C@@H](NC(=O)c1ccccc1)c1ccccc1)C(N)=O. The van der Waals surface area contributed by atoms with Crippen molar-refractivity contribution in [1.82, 2.24) is 10.6 Å². The average molecular weight is 426 g/mol. The van der Waals surface area contributed by atoms with Crippen LogP contribution in [0.5, 0.6) is 0 Å². The van der Waals surface area contributed by atoms with Gasteiger partial charge in [0.2, 0.25) is 5.91 Å². The molecule has 7 heteroatoms. The lowest BCUT2D eigenvalue weighted by atomic mass is 9.99. The number of aliphatic hydroxyl groups is 1. The second-order valence-corrected chi connectivity index (χ2v) is 7.49. The molecule has 0 radical (unpaired) electrons. The van der Waals surface area contributed by atoms with Crippen LogP contribution in [-0.2, 0) is 9.59 Å². The average Bonchev–Trinajstić information content (AvgIpc) is 2.79. The van der Waals surface area contributed by atoms with Gasteiger partial charge in [-0.1, -0.05) is 81.1 Å². The van der Waals surface area contributed by atoms with E-state index in [1.807, 2.05) is 0 Å². The first-order chi connectivity index (χ1) is 14.9. The molecule has 0 aliphatic rings. The number of hydrogen-bond donors (Lipinski definition) is 4. The van der Waals surface area contributed by atoms with Crippen LogP contribution in [0.1, 0.15) is 61.0 Å². The van der Waals surface area contributed by atoms with Crippen molar-refractivity contribution in [2.24, 2.45) is 5.73 Å². The van der Waals surface area contributed by atoms with Crippen LogP contribution in [0.3, 0.4) is 0 Å². The monoisotopic (exact) mass is 425 g/mol. The van der Waals surface area contributed by atoms with Gasteiger partial charge in [-0.25, -0.2) is 0 Å². The van der Waals surface area contributed by atoms with Crippen LogP contribution in [0, 0.1) is 0 Å². The van der Waals surface area contributed by atoms with E-state index in [2.05, 4.69) is 17.6 Å². The second-order valence-electron chi connectivity index (χ2n) is 7.49. The molecule has 0 spiro atoms. The van der Waals surface area contributed by atoms with E-state index in [0.29, 0.717) is 17.5 Å². The van der Waals surface area contributed by atoms with Gasteiger partial charge in [0, 0.05) is 5.56 Å². The molecule has 5 N–H and O–H groups in total. The molecule has 0 aliphatic carbocycles. The third-order valence-corrected chi connectivity index (χ3v) is 5.07. The maximum absolute atomic E-state index is 12.8. The Kier molecular flexibility index (Phi) is 9.71. The molecule has 31 heavy (non-hydrogen) atoms. The number of unbranched alkanes of at least 4 members (excludes halogenated alkanes) is 3. The summed E-state index contributed by atoms with van der Waals surface area (Å²) >= 11 is 0. The number of rotatable bonds is 12. The molecule has 0 bridgehead atoms. The summed E-state index contributed by atoms with van der Waals surface area (Å²) in [6.45, 7) is 2.08. The molecule has 3 atom stereocenters. The zero-order valence-corrected chi connectivity index (χ0v) is 17.8. The normalized spacial score (nSPS) is 13.6. The Balaban J connectivity index is 2.13. The Morgan fingerprint density at radius 3 is 2.10 bits per heavy atom. The molecular formula is C24H31N3O4. The van der Waals surface area contributed by atoms with Crippen LogP contribution in [0.4, 0.5) is 0 Å². The quantitative estimate of drug-likeness (QED) is 0.390. The fourth-order valence-electron chi connectivity index (χ4n) is 3.29. The minimum absolute atomic E-state index is 0.403.